The minimum Gasteiger partial charge on any atom is -0.453 e. The Kier molecular flexibility index (Phi) is 7.16. The SMILES string of the molecule is C[C@H](NOC(=O)c1ccccc1C(=O)O[C@H]1Cc2ccccc2N(C#N)c2ccccc21)c1ccccc1. The van der Waals surface area contributed by atoms with Gasteiger partial charge in [-0.25, -0.2) is 14.5 Å². The van der Waals surface area contributed by atoms with E-state index >= 15 is 0 Å². The minimum atomic E-state index is -0.692. The van der Waals surface area contributed by atoms with Crippen molar-refractivity contribution in [2.75, 3.05) is 4.90 Å². The van der Waals surface area contributed by atoms with Gasteiger partial charge in [0.15, 0.2) is 6.19 Å². The van der Waals surface area contributed by atoms with E-state index in [0.29, 0.717) is 17.7 Å². The Balaban J connectivity index is 1.39. The molecule has 0 spiro atoms. The molecule has 2 atom stereocenters. The number of nitriles is 1. The van der Waals surface area contributed by atoms with E-state index in [1.807, 2.05) is 85.8 Å². The van der Waals surface area contributed by atoms with Crippen LogP contribution in [0.25, 0.3) is 0 Å². The summed E-state index contributed by atoms with van der Waals surface area (Å²) in [5.41, 5.74) is 6.84. The topological polar surface area (TPSA) is 91.7 Å². The minimum absolute atomic E-state index is 0.0891. The lowest BCUT2D eigenvalue weighted by atomic mass is 10.0. The molecule has 1 N–H and O–H groups in total. The molecule has 7 heteroatoms. The Morgan fingerprint density at radius 2 is 1.45 bits per heavy atom. The van der Waals surface area contributed by atoms with Gasteiger partial charge in [-0.2, -0.15) is 5.26 Å². The molecule has 4 aromatic rings. The van der Waals surface area contributed by atoms with Gasteiger partial charge in [0.05, 0.1) is 28.5 Å². The maximum atomic E-state index is 13.5. The average molecular weight is 504 g/mol. The normalized spacial score (nSPS) is 14.7. The first-order valence-corrected chi connectivity index (χ1v) is 12.2. The first kappa shape index (κ1) is 24.8. The Morgan fingerprint density at radius 3 is 2.18 bits per heavy atom. The number of esters is 1. The van der Waals surface area contributed by atoms with Crippen LogP contribution in [-0.2, 0) is 16.0 Å². The fourth-order valence-electron chi connectivity index (χ4n) is 4.56. The molecular weight excluding hydrogens is 478 g/mol. The number of fused-ring (bicyclic) bond motifs is 2. The Morgan fingerprint density at radius 1 is 0.842 bits per heavy atom. The lowest BCUT2D eigenvalue weighted by Gasteiger charge is -2.20. The molecule has 4 aromatic carbocycles. The predicted octanol–water partition coefficient (Wildman–Crippen LogP) is 6.18. The van der Waals surface area contributed by atoms with Gasteiger partial charge in [-0.1, -0.05) is 78.9 Å². The lowest BCUT2D eigenvalue weighted by Crippen LogP contribution is -2.25. The highest BCUT2D eigenvalue weighted by Gasteiger charge is 2.30. The second-order valence-electron chi connectivity index (χ2n) is 8.91. The maximum absolute atomic E-state index is 13.5. The number of hydrogen-bond acceptors (Lipinski definition) is 7. The predicted molar refractivity (Wildman–Crippen MR) is 142 cm³/mol. The molecule has 5 rings (SSSR count). The standard InChI is InChI=1S/C31H25N3O4/c1-21(22-11-3-2-4-12-22)33-38-31(36)25-15-7-6-14-24(25)30(35)37-29-19-23-13-5-9-17-27(23)34(20-32)28-18-10-8-16-26(28)29/h2-18,21,29,33H,19H2,1H3/t21-,29-/m0/s1. The van der Waals surface area contributed by atoms with E-state index in [0.717, 1.165) is 16.8 Å². The summed E-state index contributed by atoms with van der Waals surface area (Å²) in [5.74, 6) is -1.35. The van der Waals surface area contributed by atoms with Crippen LogP contribution < -0.4 is 10.4 Å². The van der Waals surface area contributed by atoms with Crippen molar-refractivity contribution in [2.45, 2.75) is 25.5 Å². The number of hydrogen-bond donors (Lipinski definition) is 1. The Hall–Kier alpha value is -4.93. The summed E-state index contributed by atoms with van der Waals surface area (Å²) in [6, 6.07) is 30.6. The molecule has 1 heterocycles. The molecular formula is C31H25N3O4. The first-order valence-electron chi connectivity index (χ1n) is 12.2. The fraction of sp³-hybridized carbons (Fsp3) is 0.129. The summed E-state index contributed by atoms with van der Waals surface area (Å²) in [6.07, 6.45) is 1.95. The first-order chi connectivity index (χ1) is 18.6. The Bertz CT molecular complexity index is 1510. The molecule has 1 aliphatic rings. The summed E-state index contributed by atoms with van der Waals surface area (Å²) in [5, 5.41) is 9.93. The number of rotatable bonds is 6. The van der Waals surface area contributed by atoms with Crippen LogP contribution in [0.1, 0.15) is 56.5 Å². The summed E-state index contributed by atoms with van der Waals surface area (Å²) < 4.78 is 6.02. The number of para-hydroxylation sites is 2. The van der Waals surface area contributed by atoms with Gasteiger partial charge in [0.1, 0.15) is 6.10 Å². The zero-order valence-corrected chi connectivity index (χ0v) is 20.7. The van der Waals surface area contributed by atoms with Crippen molar-refractivity contribution in [3.05, 3.63) is 131 Å². The van der Waals surface area contributed by atoms with Crippen molar-refractivity contribution in [2.24, 2.45) is 0 Å². The smallest absolute Gasteiger partial charge is 0.357 e. The molecule has 0 fully saturated rings. The van der Waals surface area contributed by atoms with Crippen molar-refractivity contribution < 1.29 is 19.2 Å². The second-order valence-corrected chi connectivity index (χ2v) is 8.91. The fourth-order valence-corrected chi connectivity index (χ4v) is 4.56. The molecule has 0 amide bonds. The third-order valence-electron chi connectivity index (χ3n) is 6.51. The third kappa shape index (κ3) is 4.99. The Labute approximate surface area is 220 Å². The van der Waals surface area contributed by atoms with Crippen LogP contribution in [0.3, 0.4) is 0 Å². The van der Waals surface area contributed by atoms with Crippen LogP contribution in [-0.4, -0.2) is 11.9 Å². The molecule has 0 saturated heterocycles. The van der Waals surface area contributed by atoms with E-state index in [-0.39, 0.29) is 17.2 Å². The molecule has 0 aliphatic carbocycles. The molecule has 0 bridgehead atoms. The van der Waals surface area contributed by atoms with Crippen molar-refractivity contribution in [1.82, 2.24) is 5.48 Å². The summed E-state index contributed by atoms with van der Waals surface area (Å²) in [6.45, 7) is 1.87. The molecule has 0 aromatic heterocycles. The van der Waals surface area contributed by atoms with E-state index in [2.05, 4.69) is 11.7 Å². The number of ether oxygens (including phenoxy) is 1. The van der Waals surface area contributed by atoms with Gasteiger partial charge < -0.3 is 9.57 Å². The molecule has 1 aliphatic heterocycles. The molecule has 0 radical (unpaired) electrons. The van der Waals surface area contributed by atoms with Crippen LogP contribution in [0.15, 0.2) is 103 Å². The summed E-state index contributed by atoms with van der Waals surface area (Å²) in [4.78, 5) is 33.3. The van der Waals surface area contributed by atoms with E-state index in [9.17, 15) is 14.9 Å². The van der Waals surface area contributed by atoms with E-state index < -0.39 is 18.0 Å². The van der Waals surface area contributed by atoms with Crippen LogP contribution >= 0.6 is 0 Å². The van der Waals surface area contributed by atoms with Crippen molar-refractivity contribution in [1.29, 1.82) is 5.26 Å². The second kappa shape index (κ2) is 11.0. The molecule has 7 nitrogen and oxygen atoms in total. The molecule has 188 valence electrons. The highest BCUT2D eigenvalue weighted by atomic mass is 16.7. The third-order valence-corrected chi connectivity index (χ3v) is 6.51. The van der Waals surface area contributed by atoms with Gasteiger partial charge in [-0.3, -0.25) is 0 Å². The lowest BCUT2D eigenvalue weighted by molar-refractivity contribution is 0.0154. The van der Waals surface area contributed by atoms with Crippen molar-refractivity contribution in [3.8, 4) is 6.19 Å². The molecule has 38 heavy (non-hydrogen) atoms. The molecule has 0 unspecified atom stereocenters. The van der Waals surface area contributed by atoms with E-state index in [1.165, 1.54) is 12.1 Å². The highest BCUT2D eigenvalue weighted by molar-refractivity contribution is 6.03. The van der Waals surface area contributed by atoms with Crippen LogP contribution in [0.5, 0.6) is 0 Å². The van der Waals surface area contributed by atoms with Gasteiger partial charge in [0.25, 0.3) is 0 Å². The zero-order valence-electron chi connectivity index (χ0n) is 20.7. The van der Waals surface area contributed by atoms with Crippen molar-refractivity contribution >= 4 is 23.3 Å². The number of benzene rings is 4. The number of anilines is 2. The van der Waals surface area contributed by atoms with Crippen molar-refractivity contribution in [3.63, 3.8) is 0 Å². The summed E-state index contributed by atoms with van der Waals surface area (Å²) in [7, 11) is 0. The van der Waals surface area contributed by atoms with Crippen LogP contribution in [0.4, 0.5) is 11.4 Å². The van der Waals surface area contributed by atoms with E-state index in [1.54, 1.807) is 17.0 Å². The summed E-state index contributed by atoms with van der Waals surface area (Å²) >= 11 is 0. The van der Waals surface area contributed by atoms with Gasteiger partial charge in [-0.05, 0) is 42.3 Å². The van der Waals surface area contributed by atoms with Gasteiger partial charge >= 0.3 is 11.9 Å². The number of carbonyl (C=O) groups excluding carboxylic acids is 2. The van der Waals surface area contributed by atoms with Gasteiger partial charge in [0.2, 0.25) is 0 Å². The number of nitrogens with one attached hydrogen (secondary N) is 1. The maximum Gasteiger partial charge on any atom is 0.357 e. The number of nitrogens with zero attached hydrogens (tertiary/aromatic N) is 2. The molecule has 0 saturated carbocycles. The van der Waals surface area contributed by atoms with Crippen LogP contribution in [0.2, 0.25) is 0 Å². The average Bonchev–Trinajstić information content (AvgIpc) is 3.10. The monoisotopic (exact) mass is 503 g/mol. The number of hydroxylamine groups is 1. The highest BCUT2D eigenvalue weighted by Crippen LogP contribution is 2.41. The van der Waals surface area contributed by atoms with Crippen LogP contribution in [0, 0.1) is 11.5 Å². The van der Waals surface area contributed by atoms with Gasteiger partial charge in [0, 0.05) is 12.0 Å². The number of carbonyl (C=O) groups is 2. The van der Waals surface area contributed by atoms with Gasteiger partial charge in [-0.15, -0.1) is 5.48 Å². The largest absolute Gasteiger partial charge is 0.453 e. The van der Waals surface area contributed by atoms with E-state index in [4.69, 9.17) is 9.57 Å². The zero-order chi connectivity index (χ0) is 26.5. The quantitative estimate of drug-likeness (QED) is 0.191.